The normalized spacial score (nSPS) is 15.7. The predicted octanol–water partition coefficient (Wildman–Crippen LogP) is 4.19. The fourth-order valence-corrected chi connectivity index (χ4v) is 1.48. The largest absolute Gasteiger partial charge is 0.233 e. The molecule has 0 heterocycles. The van der Waals surface area contributed by atoms with E-state index in [2.05, 4.69) is 13.8 Å². The van der Waals surface area contributed by atoms with Crippen LogP contribution in [0.4, 0.5) is 0 Å². The molecular formula is C12H25O. The van der Waals surface area contributed by atoms with E-state index in [9.17, 15) is 5.11 Å². The van der Waals surface area contributed by atoms with Crippen LogP contribution in [0, 0.1) is 5.92 Å². The summed E-state index contributed by atoms with van der Waals surface area (Å²) in [5.74, 6) is 0.367. The fraction of sp³-hybridized carbons (Fsp3) is 1.00. The van der Waals surface area contributed by atoms with Crippen LogP contribution in [-0.4, -0.2) is 6.10 Å². The lowest BCUT2D eigenvalue weighted by Gasteiger charge is -2.11. The average molecular weight is 185 g/mol. The maximum Gasteiger partial charge on any atom is 0.0927 e. The molecule has 0 saturated heterocycles. The van der Waals surface area contributed by atoms with Crippen molar-refractivity contribution >= 4 is 0 Å². The van der Waals surface area contributed by atoms with Crippen LogP contribution in [0.15, 0.2) is 0 Å². The highest BCUT2D eigenvalue weighted by molar-refractivity contribution is 4.58. The van der Waals surface area contributed by atoms with Crippen LogP contribution in [0.25, 0.3) is 0 Å². The van der Waals surface area contributed by atoms with Gasteiger partial charge in [-0.15, -0.1) is 0 Å². The van der Waals surface area contributed by atoms with E-state index in [-0.39, 0.29) is 6.10 Å². The van der Waals surface area contributed by atoms with Crippen molar-refractivity contribution in [1.29, 1.82) is 0 Å². The molecule has 0 aliphatic heterocycles. The van der Waals surface area contributed by atoms with Crippen molar-refractivity contribution in [3.63, 3.8) is 0 Å². The number of hydrogen-bond acceptors (Lipinski definition) is 0. The molecule has 0 aromatic rings. The Kier molecular flexibility index (Phi) is 8.53. The SMILES string of the molecule is CCCCCCCCC(C)C(C)[O]. The maximum absolute atomic E-state index is 11.0. The molecule has 0 saturated carbocycles. The van der Waals surface area contributed by atoms with Gasteiger partial charge in [-0.25, -0.2) is 5.11 Å². The summed E-state index contributed by atoms with van der Waals surface area (Å²) in [5, 5.41) is 11.0. The molecule has 0 N–H and O–H groups in total. The molecule has 79 valence electrons. The molecule has 0 aromatic carbocycles. The van der Waals surface area contributed by atoms with Crippen LogP contribution in [0.3, 0.4) is 0 Å². The first-order chi connectivity index (χ1) is 6.18. The van der Waals surface area contributed by atoms with Crippen molar-refractivity contribution in [3.05, 3.63) is 0 Å². The minimum Gasteiger partial charge on any atom is -0.233 e. The third-order valence-electron chi connectivity index (χ3n) is 2.81. The Labute approximate surface area is 83.5 Å². The molecule has 13 heavy (non-hydrogen) atoms. The van der Waals surface area contributed by atoms with Gasteiger partial charge in [0.1, 0.15) is 0 Å². The van der Waals surface area contributed by atoms with Gasteiger partial charge in [0.25, 0.3) is 0 Å². The molecule has 0 aliphatic carbocycles. The van der Waals surface area contributed by atoms with Crippen molar-refractivity contribution < 1.29 is 5.11 Å². The topological polar surface area (TPSA) is 19.9 Å². The third-order valence-corrected chi connectivity index (χ3v) is 2.81. The van der Waals surface area contributed by atoms with Crippen LogP contribution < -0.4 is 0 Å². The Morgan fingerprint density at radius 3 is 2.00 bits per heavy atom. The first-order valence-corrected chi connectivity index (χ1v) is 5.84. The summed E-state index contributed by atoms with van der Waals surface area (Å²) in [6, 6.07) is 0. The van der Waals surface area contributed by atoms with Crippen molar-refractivity contribution in [2.24, 2.45) is 5.92 Å². The van der Waals surface area contributed by atoms with Gasteiger partial charge in [0.2, 0.25) is 0 Å². The molecule has 0 rings (SSSR count). The predicted molar refractivity (Wildman–Crippen MR) is 57.3 cm³/mol. The highest BCUT2D eigenvalue weighted by atomic mass is 16.3. The van der Waals surface area contributed by atoms with Crippen molar-refractivity contribution in [2.45, 2.75) is 71.8 Å². The number of hydrogen-bond donors (Lipinski definition) is 0. The Hall–Kier alpha value is -0.0400. The number of unbranched alkanes of at least 4 members (excludes halogenated alkanes) is 5. The summed E-state index contributed by atoms with van der Waals surface area (Å²) >= 11 is 0. The summed E-state index contributed by atoms with van der Waals surface area (Å²) in [6.07, 6.45) is 8.72. The zero-order valence-corrected chi connectivity index (χ0v) is 9.51. The highest BCUT2D eigenvalue weighted by Crippen LogP contribution is 2.14. The van der Waals surface area contributed by atoms with E-state index >= 15 is 0 Å². The van der Waals surface area contributed by atoms with Gasteiger partial charge in [0, 0.05) is 0 Å². The zero-order chi connectivity index (χ0) is 10.1. The molecule has 0 fully saturated rings. The van der Waals surface area contributed by atoms with E-state index in [0.717, 1.165) is 6.42 Å². The third kappa shape index (κ3) is 8.29. The van der Waals surface area contributed by atoms with Crippen molar-refractivity contribution in [1.82, 2.24) is 0 Å². The standard InChI is InChI=1S/C12H25O/c1-4-5-6-7-8-9-10-11(2)12(3)13/h11-12H,4-10H2,1-3H3. The second kappa shape index (κ2) is 8.55. The quantitative estimate of drug-likeness (QED) is 0.505. The first-order valence-electron chi connectivity index (χ1n) is 5.84. The van der Waals surface area contributed by atoms with E-state index in [1.807, 2.05) is 0 Å². The molecule has 1 nitrogen and oxygen atoms in total. The van der Waals surface area contributed by atoms with Crippen LogP contribution in [-0.2, 0) is 5.11 Å². The monoisotopic (exact) mass is 185 g/mol. The average Bonchev–Trinajstić information content (AvgIpc) is 2.10. The van der Waals surface area contributed by atoms with E-state index in [0.29, 0.717) is 5.92 Å². The Bertz CT molecular complexity index is 99.3. The van der Waals surface area contributed by atoms with Gasteiger partial charge in [-0.3, -0.25) is 0 Å². The molecule has 2 unspecified atom stereocenters. The van der Waals surface area contributed by atoms with E-state index in [1.165, 1.54) is 38.5 Å². The molecule has 2 atom stereocenters. The maximum atomic E-state index is 11.0. The first kappa shape index (κ1) is 13.0. The second-order valence-electron chi connectivity index (χ2n) is 4.24. The van der Waals surface area contributed by atoms with E-state index in [4.69, 9.17) is 0 Å². The molecule has 0 aliphatic rings. The van der Waals surface area contributed by atoms with Gasteiger partial charge >= 0.3 is 0 Å². The summed E-state index contributed by atoms with van der Waals surface area (Å²) in [6.45, 7) is 6.09. The lowest BCUT2D eigenvalue weighted by Crippen LogP contribution is -2.10. The van der Waals surface area contributed by atoms with Gasteiger partial charge < -0.3 is 0 Å². The van der Waals surface area contributed by atoms with Gasteiger partial charge in [-0.05, 0) is 19.3 Å². The summed E-state index contributed by atoms with van der Waals surface area (Å²) in [5.41, 5.74) is 0. The van der Waals surface area contributed by atoms with Gasteiger partial charge in [0.15, 0.2) is 0 Å². The molecule has 0 aromatic heterocycles. The minimum atomic E-state index is -0.379. The van der Waals surface area contributed by atoms with Crippen LogP contribution in [0.2, 0.25) is 0 Å². The van der Waals surface area contributed by atoms with Gasteiger partial charge in [-0.2, -0.15) is 0 Å². The summed E-state index contributed by atoms with van der Waals surface area (Å²) < 4.78 is 0. The molecule has 1 heteroatoms. The molecule has 0 spiro atoms. The Morgan fingerprint density at radius 1 is 0.923 bits per heavy atom. The van der Waals surface area contributed by atoms with Crippen LogP contribution in [0.1, 0.15) is 65.7 Å². The van der Waals surface area contributed by atoms with Crippen LogP contribution in [0.5, 0.6) is 0 Å². The Balaban J connectivity index is 3.07. The van der Waals surface area contributed by atoms with Crippen molar-refractivity contribution in [3.8, 4) is 0 Å². The fourth-order valence-electron chi connectivity index (χ4n) is 1.48. The van der Waals surface area contributed by atoms with Gasteiger partial charge in [-0.1, -0.05) is 52.4 Å². The van der Waals surface area contributed by atoms with Crippen molar-refractivity contribution in [2.75, 3.05) is 0 Å². The molecular weight excluding hydrogens is 160 g/mol. The summed E-state index contributed by atoms with van der Waals surface area (Å²) in [4.78, 5) is 0. The lowest BCUT2D eigenvalue weighted by atomic mass is 9.98. The Morgan fingerprint density at radius 2 is 1.46 bits per heavy atom. The zero-order valence-electron chi connectivity index (χ0n) is 9.51. The smallest absolute Gasteiger partial charge is 0.0927 e. The molecule has 0 bridgehead atoms. The van der Waals surface area contributed by atoms with E-state index < -0.39 is 0 Å². The minimum absolute atomic E-state index is 0.367. The summed E-state index contributed by atoms with van der Waals surface area (Å²) in [7, 11) is 0. The highest BCUT2D eigenvalue weighted by Gasteiger charge is 2.08. The van der Waals surface area contributed by atoms with Gasteiger partial charge in [0.05, 0.1) is 6.10 Å². The van der Waals surface area contributed by atoms with E-state index in [1.54, 1.807) is 6.92 Å². The second-order valence-corrected chi connectivity index (χ2v) is 4.24. The molecule has 1 radical (unpaired) electrons. The lowest BCUT2D eigenvalue weighted by molar-refractivity contribution is 0.0546. The molecule has 0 amide bonds. The van der Waals surface area contributed by atoms with Crippen LogP contribution >= 0.6 is 0 Å². The number of rotatable bonds is 8.